The molecular formula is C13H12FNO. The first-order chi connectivity index (χ1) is 7.79. The number of fused-ring (bicyclic) bond motifs is 2. The number of isocyanates is 1. The van der Waals surface area contributed by atoms with Crippen LogP contribution in [0, 0.1) is 0 Å². The molecule has 3 rings (SSSR count). The number of rotatable bonds is 1. The Kier molecular flexibility index (Phi) is 2.15. The first kappa shape index (κ1) is 9.73. The van der Waals surface area contributed by atoms with Crippen LogP contribution in [0.2, 0.25) is 0 Å². The molecule has 0 amide bonds. The Morgan fingerprint density at radius 2 is 2.12 bits per heavy atom. The number of carbonyl (C=O) groups excluding carboxylic acids is 1. The third-order valence-corrected chi connectivity index (χ3v) is 3.59. The summed E-state index contributed by atoms with van der Waals surface area (Å²) in [5.41, 5.74) is 5.11. The number of halogens is 1. The average Bonchev–Trinajstić information content (AvgIpc) is 2.83. The van der Waals surface area contributed by atoms with E-state index in [1.165, 1.54) is 5.56 Å². The van der Waals surface area contributed by atoms with Crippen LogP contribution in [0.15, 0.2) is 11.1 Å². The van der Waals surface area contributed by atoms with Gasteiger partial charge in [0.05, 0.1) is 5.69 Å². The molecule has 0 unspecified atom stereocenters. The van der Waals surface area contributed by atoms with Crippen molar-refractivity contribution in [1.82, 2.24) is 0 Å². The molecule has 0 spiro atoms. The molecule has 0 saturated carbocycles. The Morgan fingerprint density at radius 3 is 2.94 bits per heavy atom. The normalized spacial score (nSPS) is 21.4. The molecular weight excluding hydrogens is 205 g/mol. The predicted molar refractivity (Wildman–Crippen MR) is 58.6 cm³/mol. The zero-order valence-electron chi connectivity index (χ0n) is 8.92. The van der Waals surface area contributed by atoms with Crippen LogP contribution in [0.5, 0.6) is 0 Å². The number of benzene rings is 1. The van der Waals surface area contributed by atoms with Crippen LogP contribution in [0.4, 0.5) is 10.1 Å². The summed E-state index contributed by atoms with van der Waals surface area (Å²) in [6, 6.07) is 2.11. The minimum Gasteiger partial charge on any atom is -0.247 e. The summed E-state index contributed by atoms with van der Waals surface area (Å²) < 4.78 is 13.4. The van der Waals surface area contributed by atoms with Gasteiger partial charge in [-0.3, -0.25) is 0 Å². The molecule has 0 saturated heterocycles. The lowest BCUT2D eigenvalue weighted by atomic mass is 9.99. The Hall–Kier alpha value is -1.47. The summed E-state index contributed by atoms with van der Waals surface area (Å²) in [7, 11) is 0. The number of aliphatic imine (C=N–C) groups is 1. The first-order valence-corrected chi connectivity index (χ1v) is 5.68. The van der Waals surface area contributed by atoms with Gasteiger partial charge in [-0.25, -0.2) is 9.18 Å². The number of alkyl halides is 1. The van der Waals surface area contributed by atoms with Crippen LogP contribution in [-0.4, -0.2) is 12.3 Å². The summed E-state index contributed by atoms with van der Waals surface area (Å²) in [6.07, 6.45) is 4.78. The van der Waals surface area contributed by atoms with Crippen molar-refractivity contribution in [3.8, 4) is 0 Å². The van der Waals surface area contributed by atoms with E-state index in [1.54, 1.807) is 6.08 Å². The first-order valence-electron chi connectivity index (χ1n) is 5.68. The van der Waals surface area contributed by atoms with Crippen molar-refractivity contribution in [3.63, 3.8) is 0 Å². The molecule has 0 heterocycles. The van der Waals surface area contributed by atoms with Crippen LogP contribution in [-0.2, 0) is 30.5 Å². The highest BCUT2D eigenvalue weighted by molar-refractivity contribution is 5.66. The molecule has 1 atom stereocenters. The average molecular weight is 217 g/mol. The van der Waals surface area contributed by atoms with Gasteiger partial charge in [0.1, 0.15) is 6.17 Å². The SMILES string of the molecule is O=C=Nc1c2c(cc3c1C[C@H](F)C3)CCC2. The maximum atomic E-state index is 13.4. The zero-order valence-corrected chi connectivity index (χ0v) is 8.92. The van der Waals surface area contributed by atoms with Gasteiger partial charge < -0.3 is 0 Å². The van der Waals surface area contributed by atoms with Gasteiger partial charge in [-0.1, -0.05) is 6.07 Å². The van der Waals surface area contributed by atoms with E-state index in [1.807, 2.05) is 0 Å². The topological polar surface area (TPSA) is 29.4 Å². The van der Waals surface area contributed by atoms with Gasteiger partial charge in [0.15, 0.2) is 0 Å². The predicted octanol–water partition coefficient (Wildman–Crippen LogP) is 2.58. The zero-order chi connectivity index (χ0) is 11.1. The van der Waals surface area contributed by atoms with E-state index in [4.69, 9.17) is 0 Å². The molecule has 1 aromatic carbocycles. The van der Waals surface area contributed by atoms with Crippen molar-refractivity contribution < 1.29 is 9.18 Å². The van der Waals surface area contributed by atoms with Crippen LogP contribution in [0.25, 0.3) is 0 Å². The number of hydrogen-bond donors (Lipinski definition) is 0. The van der Waals surface area contributed by atoms with E-state index in [9.17, 15) is 9.18 Å². The monoisotopic (exact) mass is 217 g/mol. The summed E-state index contributed by atoms with van der Waals surface area (Å²) in [6.45, 7) is 0. The van der Waals surface area contributed by atoms with Crippen molar-refractivity contribution in [2.24, 2.45) is 4.99 Å². The molecule has 1 aromatic rings. The highest BCUT2D eigenvalue weighted by atomic mass is 19.1. The molecule has 0 aromatic heterocycles. The third-order valence-electron chi connectivity index (χ3n) is 3.59. The number of aryl methyl sites for hydroxylation is 1. The highest BCUT2D eigenvalue weighted by Gasteiger charge is 2.28. The van der Waals surface area contributed by atoms with Gasteiger partial charge in [-0.2, -0.15) is 4.99 Å². The molecule has 2 aliphatic rings. The van der Waals surface area contributed by atoms with E-state index in [0.29, 0.717) is 12.8 Å². The fraction of sp³-hybridized carbons (Fsp3) is 0.462. The lowest BCUT2D eigenvalue weighted by molar-refractivity contribution is 0.349. The Balaban J connectivity index is 2.24. The van der Waals surface area contributed by atoms with Gasteiger partial charge in [0, 0.05) is 12.8 Å². The largest absolute Gasteiger partial charge is 0.247 e. The second-order valence-electron chi connectivity index (χ2n) is 4.56. The summed E-state index contributed by atoms with van der Waals surface area (Å²) >= 11 is 0. The lowest BCUT2D eigenvalue weighted by Crippen LogP contribution is -1.96. The minimum absolute atomic E-state index is 0.406. The van der Waals surface area contributed by atoms with E-state index in [2.05, 4.69) is 11.1 Å². The third kappa shape index (κ3) is 1.32. The molecule has 0 N–H and O–H groups in total. The molecule has 82 valence electrons. The number of nitrogens with zero attached hydrogens (tertiary/aromatic N) is 1. The Labute approximate surface area is 93.2 Å². The fourth-order valence-electron chi connectivity index (χ4n) is 2.95. The van der Waals surface area contributed by atoms with Crippen LogP contribution in [0.3, 0.4) is 0 Å². The summed E-state index contributed by atoms with van der Waals surface area (Å²) in [5.74, 6) is 0. The second-order valence-corrected chi connectivity index (χ2v) is 4.56. The maximum absolute atomic E-state index is 13.4. The molecule has 0 bridgehead atoms. The van der Waals surface area contributed by atoms with E-state index < -0.39 is 6.17 Å². The standard InChI is InChI=1S/C13H12FNO/c14-10-5-9-4-8-2-1-3-11(8)13(15-7-16)12(9)6-10/h4,10H,1-3,5-6H2/t10-/m1/s1. The van der Waals surface area contributed by atoms with Gasteiger partial charge in [0.2, 0.25) is 6.08 Å². The van der Waals surface area contributed by atoms with Crippen molar-refractivity contribution in [2.75, 3.05) is 0 Å². The van der Waals surface area contributed by atoms with Gasteiger partial charge in [-0.15, -0.1) is 0 Å². The van der Waals surface area contributed by atoms with E-state index in [0.717, 1.165) is 41.6 Å². The quantitative estimate of drug-likeness (QED) is 0.525. The van der Waals surface area contributed by atoms with E-state index in [-0.39, 0.29) is 0 Å². The van der Waals surface area contributed by atoms with Crippen molar-refractivity contribution in [3.05, 3.63) is 28.3 Å². The van der Waals surface area contributed by atoms with Crippen LogP contribution in [0.1, 0.15) is 28.7 Å². The number of hydrogen-bond acceptors (Lipinski definition) is 2. The molecule has 3 heteroatoms. The molecule has 16 heavy (non-hydrogen) atoms. The molecule has 0 aliphatic heterocycles. The Morgan fingerprint density at radius 1 is 1.25 bits per heavy atom. The lowest BCUT2D eigenvalue weighted by Gasteiger charge is -2.08. The second kappa shape index (κ2) is 3.53. The minimum atomic E-state index is -0.807. The van der Waals surface area contributed by atoms with Gasteiger partial charge >= 0.3 is 0 Å². The maximum Gasteiger partial charge on any atom is 0.240 e. The fourth-order valence-corrected chi connectivity index (χ4v) is 2.95. The van der Waals surface area contributed by atoms with Crippen molar-refractivity contribution >= 4 is 11.8 Å². The van der Waals surface area contributed by atoms with Crippen molar-refractivity contribution in [1.29, 1.82) is 0 Å². The molecule has 2 nitrogen and oxygen atoms in total. The molecule has 0 fully saturated rings. The van der Waals surface area contributed by atoms with Crippen molar-refractivity contribution in [2.45, 2.75) is 38.3 Å². The Bertz CT molecular complexity index is 503. The molecule has 0 radical (unpaired) electrons. The van der Waals surface area contributed by atoms with E-state index >= 15 is 0 Å². The summed E-state index contributed by atoms with van der Waals surface area (Å²) in [5, 5.41) is 0. The van der Waals surface area contributed by atoms with Crippen LogP contribution >= 0.6 is 0 Å². The van der Waals surface area contributed by atoms with Crippen LogP contribution < -0.4 is 0 Å². The highest BCUT2D eigenvalue weighted by Crippen LogP contribution is 2.40. The van der Waals surface area contributed by atoms with Gasteiger partial charge in [-0.05, 0) is 41.5 Å². The van der Waals surface area contributed by atoms with Gasteiger partial charge in [0.25, 0.3) is 0 Å². The summed E-state index contributed by atoms with van der Waals surface area (Å²) in [4.78, 5) is 14.3. The molecule has 2 aliphatic carbocycles. The smallest absolute Gasteiger partial charge is 0.240 e.